The summed E-state index contributed by atoms with van der Waals surface area (Å²) in [6.07, 6.45) is 1.71. The lowest BCUT2D eigenvalue weighted by molar-refractivity contribution is -0.113. The molecule has 0 unspecified atom stereocenters. The van der Waals surface area contributed by atoms with Crippen molar-refractivity contribution in [3.05, 3.63) is 59.4 Å². The summed E-state index contributed by atoms with van der Waals surface area (Å²) >= 11 is 7.20. The molecule has 3 rings (SSSR count). The highest BCUT2D eigenvalue weighted by molar-refractivity contribution is 7.99. The smallest absolute Gasteiger partial charge is 0.234 e. The first-order valence-corrected chi connectivity index (χ1v) is 8.51. The van der Waals surface area contributed by atoms with Gasteiger partial charge < -0.3 is 5.32 Å². The number of anilines is 1. The molecule has 0 fully saturated rings. The van der Waals surface area contributed by atoms with Crippen molar-refractivity contribution in [2.45, 2.75) is 11.9 Å². The number of thioether (sulfide) groups is 1. The van der Waals surface area contributed by atoms with E-state index in [2.05, 4.69) is 20.6 Å². The zero-order valence-corrected chi connectivity index (χ0v) is 14.4. The van der Waals surface area contributed by atoms with E-state index in [-0.39, 0.29) is 11.7 Å². The van der Waals surface area contributed by atoms with Gasteiger partial charge in [-0.25, -0.2) is 4.68 Å². The highest BCUT2D eigenvalue weighted by Crippen LogP contribution is 2.18. The molecule has 0 saturated carbocycles. The van der Waals surface area contributed by atoms with Gasteiger partial charge in [-0.2, -0.15) is 5.10 Å². The van der Waals surface area contributed by atoms with Crippen LogP contribution in [0, 0.1) is 6.92 Å². The van der Waals surface area contributed by atoms with Crippen molar-refractivity contribution in [1.82, 2.24) is 20.0 Å². The summed E-state index contributed by atoms with van der Waals surface area (Å²) < 4.78 is 1.70. The maximum atomic E-state index is 12.0. The molecule has 3 aromatic rings. The molecular formula is C16H14ClN5OS. The van der Waals surface area contributed by atoms with Gasteiger partial charge in [0.15, 0.2) is 5.82 Å². The van der Waals surface area contributed by atoms with Gasteiger partial charge in [0, 0.05) is 22.6 Å². The molecule has 0 aliphatic heterocycles. The largest absolute Gasteiger partial charge is 0.325 e. The molecule has 1 amide bonds. The van der Waals surface area contributed by atoms with Crippen LogP contribution in [0.2, 0.25) is 5.02 Å². The van der Waals surface area contributed by atoms with Gasteiger partial charge >= 0.3 is 0 Å². The second-order valence-electron chi connectivity index (χ2n) is 4.96. The Morgan fingerprint density at radius 1 is 1.25 bits per heavy atom. The minimum atomic E-state index is -0.129. The predicted molar refractivity (Wildman–Crippen MR) is 94.7 cm³/mol. The summed E-state index contributed by atoms with van der Waals surface area (Å²) in [6.45, 7) is 1.94. The van der Waals surface area contributed by atoms with Crippen molar-refractivity contribution in [3.8, 4) is 5.82 Å². The van der Waals surface area contributed by atoms with Crippen molar-refractivity contribution in [2.75, 3.05) is 11.1 Å². The van der Waals surface area contributed by atoms with Gasteiger partial charge in [-0.05, 0) is 43.3 Å². The van der Waals surface area contributed by atoms with E-state index < -0.39 is 0 Å². The fourth-order valence-electron chi connectivity index (χ4n) is 2.02. The zero-order valence-electron chi connectivity index (χ0n) is 12.8. The Bertz CT molecular complexity index is 850. The fraction of sp³-hybridized carbons (Fsp3) is 0.125. The number of hydrogen-bond acceptors (Lipinski definition) is 5. The minimum Gasteiger partial charge on any atom is -0.325 e. The van der Waals surface area contributed by atoms with Crippen LogP contribution in [0.4, 0.5) is 5.69 Å². The number of hydrogen-bond donors (Lipinski definition) is 1. The Labute approximate surface area is 148 Å². The monoisotopic (exact) mass is 359 g/mol. The average molecular weight is 360 g/mol. The van der Waals surface area contributed by atoms with E-state index in [1.807, 2.05) is 25.1 Å². The molecule has 0 radical (unpaired) electrons. The summed E-state index contributed by atoms with van der Waals surface area (Å²) in [6, 6.07) is 12.6. The van der Waals surface area contributed by atoms with Gasteiger partial charge in [0.05, 0.1) is 5.75 Å². The number of benzene rings is 1. The molecule has 2 aromatic heterocycles. The number of carbonyl (C=O) groups is 1. The van der Waals surface area contributed by atoms with Crippen LogP contribution < -0.4 is 5.32 Å². The highest BCUT2D eigenvalue weighted by atomic mass is 35.5. The van der Waals surface area contributed by atoms with Crippen LogP contribution in [0.1, 0.15) is 5.69 Å². The van der Waals surface area contributed by atoms with Crippen molar-refractivity contribution >= 4 is 35.0 Å². The van der Waals surface area contributed by atoms with E-state index >= 15 is 0 Å². The van der Waals surface area contributed by atoms with Gasteiger partial charge in [-0.3, -0.25) is 4.79 Å². The number of aryl methyl sites for hydroxylation is 1. The SMILES string of the molecule is Cc1ccnn1-c1ccc(SCC(=O)Nc2cccc(Cl)c2)nn1. The van der Waals surface area contributed by atoms with E-state index in [1.54, 1.807) is 35.1 Å². The Kier molecular flexibility index (Phi) is 5.12. The summed E-state index contributed by atoms with van der Waals surface area (Å²) in [5, 5.41) is 16.5. The molecule has 0 spiro atoms. The van der Waals surface area contributed by atoms with Crippen LogP contribution in [0.3, 0.4) is 0 Å². The second kappa shape index (κ2) is 7.46. The van der Waals surface area contributed by atoms with E-state index in [0.717, 1.165) is 5.69 Å². The number of nitrogens with one attached hydrogen (secondary N) is 1. The topological polar surface area (TPSA) is 72.7 Å². The number of aromatic nitrogens is 4. The molecule has 0 saturated heterocycles. The number of carbonyl (C=O) groups excluding carboxylic acids is 1. The number of amides is 1. The van der Waals surface area contributed by atoms with Crippen molar-refractivity contribution in [2.24, 2.45) is 0 Å². The molecule has 2 heterocycles. The van der Waals surface area contributed by atoms with Crippen LogP contribution in [0.15, 0.2) is 53.7 Å². The molecular weight excluding hydrogens is 346 g/mol. The van der Waals surface area contributed by atoms with Crippen LogP contribution in [-0.4, -0.2) is 31.6 Å². The Balaban J connectivity index is 1.57. The van der Waals surface area contributed by atoms with Crippen LogP contribution >= 0.6 is 23.4 Å². The number of nitrogens with zero attached hydrogens (tertiary/aromatic N) is 4. The third-order valence-electron chi connectivity index (χ3n) is 3.13. The first-order valence-electron chi connectivity index (χ1n) is 7.15. The first-order chi connectivity index (χ1) is 11.6. The molecule has 122 valence electrons. The highest BCUT2D eigenvalue weighted by Gasteiger charge is 2.07. The molecule has 8 heteroatoms. The quantitative estimate of drug-likeness (QED) is 0.707. The molecule has 6 nitrogen and oxygen atoms in total. The van der Waals surface area contributed by atoms with Gasteiger partial charge in [0.2, 0.25) is 5.91 Å². The van der Waals surface area contributed by atoms with Gasteiger partial charge in [-0.15, -0.1) is 10.2 Å². The average Bonchev–Trinajstić information content (AvgIpc) is 2.99. The summed E-state index contributed by atoms with van der Waals surface area (Å²) in [5.74, 6) is 0.753. The molecule has 0 atom stereocenters. The van der Waals surface area contributed by atoms with E-state index in [4.69, 9.17) is 11.6 Å². The third-order valence-corrected chi connectivity index (χ3v) is 4.29. The lowest BCUT2D eigenvalue weighted by Gasteiger charge is -2.06. The van der Waals surface area contributed by atoms with E-state index in [1.165, 1.54) is 11.8 Å². The number of rotatable bonds is 5. The fourth-order valence-corrected chi connectivity index (χ4v) is 2.82. The Morgan fingerprint density at radius 3 is 2.79 bits per heavy atom. The summed E-state index contributed by atoms with van der Waals surface area (Å²) in [4.78, 5) is 12.0. The maximum absolute atomic E-state index is 12.0. The Hall–Kier alpha value is -2.38. The standard InChI is InChI=1S/C16H14ClN5OS/c1-11-7-8-18-22(11)14-5-6-16(21-20-14)24-10-15(23)19-13-4-2-3-12(17)9-13/h2-9H,10H2,1H3,(H,19,23). The number of halogens is 1. The molecule has 1 aromatic carbocycles. The lowest BCUT2D eigenvalue weighted by atomic mass is 10.3. The minimum absolute atomic E-state index is 0.129. The molecule has 24 heavy (non-hydrogen) atoms. The van der Waals surface area contributed by atoms with E-state index in [9.17, 15) is 4.79 Å². The van der Waals surface area contributed by atoms with Crippen LogP contribution in [0.25, 0.3) is 5.82 Å². The van der Waals surface area contributed by atoms with Gasteiger partial charge in [0.1, 0.15) is 5.03 Å². The third kappa shape index (κ3) is 4.12. The van der Waals surface area contributed by atoms with Crippen LogP contribution in [-0.2, 0) is 4.79 Å². The van der Waals surface area contributed by atoms with Crippen molar-refractivity contribution < 1.29 is 4.79 Å². The lowest BCUT2D eigenvalue weighted by Crippen LogP contribution is -2.14. The van der Waals surface area contributed by atoms with Crippen molar-refractivity contribution in [3.63, 3.8) is 0 Å². The molecule has 1 N–H and O–H groups in total. The maximum Gasteiger partial charge on any atom is 0.234 e. The van der Waals surface area contributed by atoms with Crippen molar-refractivity contribution in [1.29, 1.82) is 0 Å². The predicted octanol–water partition coefficient (Wildman–Crippen LogP) is 3.35. The summed E-state index contributed by atoms with van der Waals surface area (Å²) in [5.41, 5.74) is 1.65. The van der Waals surface area contributed by atoms with E-state index in [0.29, 0.717) is 21.6 Å². The van der Waals surface area contributed by atoms with Gasteiger partial charge in [-0.1, -0.05) is 29.4 Å². The molecule has 0 bridgehead atoms. The molecule has 0 aliphatic carbocycles. The Morgan fingerprint density at radius 2 is 2.12 bits per heavy atom. The summed E-state index contributed by atoms with van der Waals surface area (Å²) in [7, 11) is 0. The second-order valence-corrected chi connectivity index (χ2v) is 6.39. The normalized spacial score (nSPS) is 10.6. The zero-order chi connectivity index (χ0) is 16.9. The van der Waals surface area contributed by atoms with Gasteiger partial charge in [0.25, 0.3) is 0 Å². The van der Waals surface area contributed by atoms with Crippen LogP contribution in [0.5, 0.6) is 0 Å². The first kappa shape index (κ1) is 16.5. The molecule has 0 aliphatic rings.